The monoisotopic (exact) mass is 437 g/mol. The molecule has 0 amide bonds. The molecule has 3 N–H and O–H groups in total. The van der Waals surface area contributed by atoms with Gasteiger partial charge in [0.05, 0.1) is 0 Å². The van der Waals surface area contributed by atoms with E-state index in [9.17, 15) is 9.59 Å². The molecule has 0 bridgehead atoms. The number of piperidine rings is 1. The van der Waals surface area contributed by atoms with Crippen LogP contribution in [0.1, 0.15) is 51.1 Å². The van der Waals surface area contributed by atoms with Crippen molar-refractivity contribution in [3.8, 4) is 0 Å². The molecule has 0 saturated carbocycles. The van der Waals surface area contributed by atoms with E-state index >= 15 is 0 Å². The van der Waals surface area contributed by atoms with Gasteiger partial charge in [0.25, 0.3) is 0 Å². The van der Waals surface area contributed by atoms with Gasteiger partial charge in [-0.2, -0.15) is 0 Å². The number of hydrogen-bond donors (Lipinski definition) is 2. The van der Waals surface area contributed by atoms with Crippen LogP contribution in [0, 0.1) is 0 Å². The number of likely N-dealkylation sites (tertiary alicyclic amines) is 1. The number of Topliss-reactive ketones (excluding diaryl/α,β-unsaturated/α-hetero) is 2. The van der Waals surface area contributed by atoms with Crippen LogP contribution < -0.4 is 11.1 Å². The minimum Gasteiger partial charge on any atom is -0.399 e. The van der Waals surface area contributed by atoms with E-state index in [0.717, 1.165) is 55.7 Å². The molecule has 1 aliphatic heterocycles. The van der Waals surface area contributed by atoms with Gasteiger partial charge in [-0.15, -0.1) is 0 Å². The van der Waals surface area contributed by atoms with E-state index in [2.05, 4.69) is 10.2 Å². The van der Waals surface area contributed by atoms with Crippen LogP contribution in [0.25, 0.3) is 0 Å². The van der Waals surface area contributed by atoms with Crippen LogP contribution >= 0.6 is 0 Å². The molecule has 1 fully saturated rings. The van der Waals surface area contributed by atoms with E-state index in [0.29, 0.717) is 22.5 Å². The molecular formula is C28H27N3O2. The van der Waals surface area contributed by atoms with Crippen molar-refractivity contribution in [3.63, 3.8) is 0 Å². The van der Waals surface area contributed by atoms with E-state index in [1.54, 1.807) is 18.2 Å². The summed E-state index contributed by atoms with van der Waals surface area (Å²) >= 11 is 0. The first-order valence-electron chi connectivity index (χ1n) is 11.5. The molecule has 0 aromatic heterocycles. The van der Waals surface area contributed by atoms with Crippen LogP contribution in [0.5, 0.6) is 0 Å². The number of carbonyl (C=O) groups excluding carboxylic acids is 2. The van der Waals surface area contributed by atoms with E-state index in [1.165, 1.54) is 5.56 Å². The third-order valence-electron chi connectivity index (χ3n) is 6.38. The molecule has 0 radical (unpaired) electrons. The quantitative estimate of drug-likeness (QED) is 0.547. The molecule has 3 aromatic carbocycles. The molecule has 3 aromatic rings. The Morgan fingerprint density at radius 3 is 1.94 bits per heavy atom. The minimum atomic E-state index is -0.128. The van der Waals surface area contributed by atoms with E-state index in [4.69, 9.17) is 5.73 Å². The summed E-state index contributed by atoms with van der Waals surface area (Å²) in [6.45, 7) is 1.59. The third kappa shape index (κ3) is 4.27. The number of nitrogen functional groups attached to an aromatic ring is 1. The predicted octanol–water partition coefficient (Wildman–Crippen LogP) is 5.05. The Morgan fingerprint density at radius 1 is 0.727 bits per heavy atom. The zero-order valence-electron chi connectivity index (χ0n) is 18.5. The Morgan fingerprint density at radius 2 is 1.30 bits per heavy atom. The van der Waals surface area contributed by atoms with Gasteiger partial charge in [0.15, 0.2) is 0 Å². The first kappa shape index (κ1) is 21.0. The maximum atomic E-state index is 13.4. The lowest BCUT2D eigenvalue weighted by atomic mass is 9.89. The van der Waals surface area contributed by atoms with Crippen LogP contribution in [0.15, 0.2) is 84.2 Å². The summed E-state index contributed by atoms with van der Waals surface area (Å²) in [5.41, 5.74) is 11.5. The number of nitrogens with zero attached hydrogens (tertiary/aromatic N) is 1. The Hall–Kier alpha value is -3.86. The normalized spacial score (nSPS) is 16.1. The standard InChI is InChI=1S/C28H27N3O2/c29-21-12-8-19(9-13-21)18-20-10-14-22(15-11-20)30-25-26(31-16-4-1-5-17-31)28(33)24-7-3-2-6-23(24)27(25)32/h2-3,6-15,30H,1,4-5,16-18,29H2. The number of benzene rings is 3. The van der Waals surface area contributed by atoms with Crippen molar-refractivity contribution in [2.24, 2.45) is 0 Å². The molecule has 1 aliphatic carbocycles. The summed E-state index contributed by atoms with van der Waals surface area (Å²) in [6.07, 6.45) is 4.01. The van der Waals surface area contributed by atoms with Crippen molar-refractivity contribution in [3.05, 3.63) is 106 Å². The highest BCUT2D eigenvalue weighted by atomic mass is 16.1. The predicted molar refractivity (Wildman–Crippen MR) is 131 cm³/mol. The van der Waals surface area contributed by atoms with E-state index in [-0.39, 0.29) is 11.6 Å². The summed E-state index contributed by atoms with van der Waals surface area (Å²) < 4.78 is 0. The van der Waals surface area contributed by atoms with Crippen LogP contribution in [0.2, 0.25) is 0 Å². The number of fused-ring (bicyclic) bond motifs is 1. The summed E-state index contributed by atoms with van der Waals surface area (Å²) in [7, 11) is 0. The van der Waals surface area contributed by atoms with Crippen molar-refractivity contribution < 1.29 is 9.59 Å². The summed E-state index contributed by atoms with van der Waals surface area (Å²) in [5, 5.41) is 3.30. The van der Waals surface area contributed by atoms with Crippen LogP contribution in [-0.2, 0) is 6.42 Å². The lowest BCUT2D eigenvalue weighted by Crippen LogP contribution is -2.39. The Bertz CT molecular complexity index is 1220. The fourth-order valence-corrected chi connectivity index (χ4v) is 4.62. The molecule has 0 atom stereocenters. The smallest absolute Gasteiger partial charge is 0.212 e. The fraction of sp³-hybridized carbons (Fsp3) is 0.214. The lowest BCUT2D eigenvalue weighted by molar-refractivity contribution is 0.0935. The van der Waals surface area contributed by atoms with Crippen LogP contribution in [0.3, 0.4) is 0 Å². The highest BCUT2D eigenvalue weighted by Crippen LogP contribution is 2.31. The summed E-state index contributed by atoms with van der Waals surface area (Å²) in [5.74, 6) is -0.203. The first-order valence-corrected chi connectivity index (χ1v) is 11.5. The van der Waals surface area contributed by atoms with Crippen molar-refractivity contribution in [2.75, 3.05) is 24.1 Å². The van der Waals surface area contributed by atoms with E-state index < -0.39 is 0 Å². The van der Waals surface area contributed by atoms with Gasteiger partial charge in [0, 0.05) is 35.6 Å². The van der Waals surface area contributed by atoms with Gasteiger partial charge in [-0.25, -0.2) is 0 Å². The number of hydrogen-bond acceptors (Lipinski definition) is 5. The zero-order chi connectivity index (χ0) is 22.8. The van der Waals surface area contributed by atoms with E-state index in [1.807, 2.05) is 54.6 Å². The Labute approximate surface area is 193 Å². The average molecular weight is 438 g/mol. The number of allylic oxidation sites excluding steroid dienone is 2. The van der Waals surface area contributed by atoms with Crippen molar-refractivity contribution in [1.29, 1.82) is 0 Å². The van der Waals surface area contributed by atoms with Gasteiger partial charge in [0.1, 0.15) is 11.4 Å². The molecule has 0 unspecified atom stereocenters. The zero-order valence-corrected chi connectivity index (χ0v) is 18.5. The highest BCUT2D eigenvalue weighted by Gasteiger charge is 2.35. The van der Waals surface area contributed by atoms with Gasteiger partial charge in [0.2, 0.25) is 11.6 Å². The van der Waals surface area contributed by atoms with Crippen LogP contribution in [-0.4, -0.2) is 29.6 Å². The van der Waals surface area contributed by atoms with Gasteiger partial charge < -0.3 is 16.0 Å². The van der Waals surface area contributed by atoms with Crippen molar-refractivity contribution in [1.82, 2.24) is 4.90 Å². The SMILES string of the molecule is Nc1ccc(Cc2ccc(NC3=C(N4CCCCC4)C(=O)c4ccccc4C3=O)cc2)cc1. The summed E-state index contributed by atoms with van der Waals surface area (Å²) in [6, 6.07) is 23.0. The second-order valence-corrected chi connectivity index (χ2v) is 8.72. The molecule has 5 nitrogen and oxygen atoms in total. The number of ketones is 2. The molecule has 33 heavy (non-hydrogen) atoms. The van der Waals surface area contributed by atoms with Crippen LogP contribution in [0.4, 0.5) is 11.4 Å². The molecule has 1 heterocycles. The maximum absolute atomic E-state index is 13.4. The molecule has 0 spiro atoms. The van der Waals surface area contributed by atoms with Crippen molar-refractivity contribution in [2.45, 2.75) is 25.7 Å². The minimum absolute atomic E-state index is 0.0745. The lowest BCUT2D eigenvalue weighted by Gasteiger charge is -2.34. The Kier molecular flexibility index (Phi) is 5.69. The molecule has 2 aliphatic rings. The molecule has 166 valence electrons. The number of nitrogens with one attached hydrogen (secondary N) is 1. The fourth-order valence-electron chi connectivity index (χ4n) is 4.62. The summed E-state index contributed by atoms with van der Waals surface area (Å²) in [4.78, 5) is 29.0. The number of carbonyl (C=O) groups is 2. The van der Waals surface area contributed by atoms with Gasteiger partial charge in [-0.05, 0) is 61.1 Å². The Balaban J connectivity index is 1.44. The largest absolute Gasteiger partial charge is 0.399 e. The topological polar surface area (TPSA) is 75.4 Å². The van der Waals surface area contributed by atoms with Gasteiger partial charge in [-0.3, -0.25) is 9.59 Å². The highest BCUT2D eigenvalue weighted by molar-refractivity contribution is 6.27. The first-order chi connectivity index (χ1) is 16.1. The number of anilines is 2. The van der Waals surface area contributed by atoms with Crippen molar-refractivity contribution >= 4 is 22.9 Å². The molecule has 5 heteroatoms. The second kappa shape index (κ2) is 8.94. The molecular weight excluding hydrogens is 410 g/mol. The average Bonchev–Trinajstić information content (AvgIpc) is 2.85. The number of nitrogens with two attached hydrogens (primary N) is 1. The van der Waals surface area contributed by atoms with Gasteiger partial charge >= 0.3 is 0 Å². The third-order valence-corrected chi connectivity index (χ3v) is 6.38. The molecule has 1 saturated heterocycles. The van der Waals surface area contributed by atoms with Gasteiger partial charge in [-0.1, -0.05) is 48.5 Å². The second-order valence-electron chi connectivity index (χ2n) is 8.72. The maximum Gasteiger partial charge on any atom is 0.212 e. The molecule has 5 rings (SSSR count). The number of rotatable bonds is 5.